The molecule has 2 atom stereocenters. The fourth-order valence-electron chi connectivity index (χ4n) is 3.35. The van der Waals surface area contributed by atoms with Crippen LogP contribution in [0.1, 0.15) is 27.7 Å². The number of H-pyrrole nitrogens is 1. The number of aromatic nitrogens is 3. The smallest absolute Gasteiger partial charge is 0.268 e. The normalized spacial score (nSPS) is 14.6. The van der Waals surface area contributed by atoms with E-state index < -0.39 is 28.5 Å². The van der Waals surface area contributed by atoms with E-state index in [0.717, 1.165) is 5.56 Å². The molecule has 0 aromatic carbocycles. The highest BCUT2D eigenvalue weighted by molar-refractivity contribution is 9.10. The molecule has 0 spiro atoms. The van der Waals surface area contributed by atoms with Gasteiger partial charge in [-0.15, -0.1) is 0 Å². The Kier molecular flexibility index (Phi) is 8.57. The zero-order valence-corrected chi connectivity index (χ0v) is 21.7. The van der Waals surface area contributed by atoms with E-state index in [1.165, 1.54) is 24.5 Å². The van der Waals surface area contributed by atoms with E-state index in [0.29, 0.717) is 21.3 Å². The highest BCUT2D eigenvalue weighted by atomic mass is 79.9. The molecule has 0 bridgehead atoms. The zero-order chi connectivity index (χ0) is 27.8. The van der Waals surface area contributed by atoms with Gasteiger partial charge in [0.1, 0.15) is 16.1 Å². The SMILES string of the molecule is [B]C([B])([B])C(O)(Nc1cc(-c2c[nH]c(C(=O)N[C@H](CO)c3cnc(Br)c(C)c3)c2)c(Cl)cn1)C([B])(O)O. The first kappa shape index (κ1) is 29.3. The molecule has 0 fully saturated rings. The second-order valence-electron chi connectivity index (χ2n) is 8.43. The third kappa shape index (κ3) is 6.24. The van der Waals surface area contributed by atoms with Gasteiger partial charge in [0.25, 0.3) is 5.91 Å². The number of pyridine rings is 2. The van der Waals surface area contributed by atoms with Crippen molar-refractivity contribution in [1.29, 1.82) is 0 Å². The van der Waals surface area contributed by atoms with Crippen molar-refractivity contribution in [1.82, 2.24) is 20.3 Å². The number of hydrogen-bond donors (Lipinski definition) is 7. The summed E-state index contributed by atoms with van der Waals surface area (Å²) < 4.78 is 0.653. The summed E-state index contributed by atoms with van der Waals surface area (Å²) in [5, 5.41) is 42.5. The Labute approximate surface area is 231 Å². The minimum Gasteiger partial charge on any atom is -0.394 e. The highest BCUT2D eigenvalue weighted by Crippen LogP contribution is 2.37. The van der Waals surface area contributed by atoms with E-state index in [1.54, 1.807) is 12.3 Å². The Bertz CT molecular complexity index is 1290. The number of carbonyl (C=O) groups is 1. The number of nitrogens with one attached hydrogen (secondary N) is 3. The standard InChI is InChI=1S/C21H19B4BrClN5O5/c1-9-2-11(6-30-17(9)26)15(8-33)31-18(34)14-3-10(5-28-14)12-4-16(29-7-13(12)27)32-19(35,20(22,23)24)21(25,36)37/h2-7,15,28,33,35-37H,8H2,1H3,(H,29,32)(H,31,34)/t15-,19?/m1/s1. The van der Waals surface area contributed by atoms with Crippen LogP contribution in [-0.4, -0.2) is 90.7 Å². The molecule has 3 aromatic rings. The number of aliphatic hydroxyl groups is 4. The van der Waals surface area contributed by atoms with E-state index >= 15 is 0 Å². The van der Waals surface area contributed by atoms with E-state index in [-0.39, 0.29) is 23.1 Å². The summed E-state index contributed by atoms with van der Waals surface area (Å²) in [7, 11) is 21.7. The summed E-state index contributed by atoms with van der Waals surface area (Å²) >= 11 is 9.59. The Balaban J connectivity index is 1.86. The molecule has 0 aliphatic rings. The number of halogens is 2. The molecule has 184 valence electrons. The van der Waals surface area contributed by atoms with Crippen molar-refractivity contribution in [2.24, 2.45) is 0 Å². The van der Waals surface area contributed by atoms with Gasteiger partial charge in [-0.3, -0.25) is 4.79 Å². The predicted octanol–water partition coefficient (Wildman–Crippen LogP) is 0.146. The van der Waals surface area contributed by atoms with E-state index in [2.05, 4.69) is 41.5 Å². The van der Waals surface area contributed by atoms with Crippen LogP contribution >= 0.6 is 27.5 Å². The highest BCUT2D eigenvalue weighted by Gasteiger charge is 2.51. The molecule has 10 nitrogen and oxygen atoms in total. The van der Waals surface area contributed by atoms with Gasteiger partial charge in [0.2, 0.25) is 0 Å². The lowest BCUT2D eigenvalue weighted by Crippen LogP contribution is -2.67. The number of anilines is 1. The Morgan fingerprint density at radius 2 is 1.84 bits per heavy atom. The lowest BCUT2D eigenvalue weighted by atomic mass is 9.36. The summed E-state index contributed by atoms with van der Waals surface area (Å²) in [5.74, 6) is -0.701. The number of nitrogens with zero attached hydrogens (tertiary/aromatic N) is 2. The van der Waals surface area contributed by atoms with Crippen molar-refractivity contribution in [3.8, 4) is 11.1 Å². The first-order chi connectivity index (χ1) is 17.1. The average molecular weight is 580 g/mol. The van der Waals surface area contributed by atoms with Crippen molar-refractivity contribution in [2.45, 2.75) is 29.5 Å². The molecule has 0 aliphatic heterocycles. The molecular formula is C21H19B4BrClN5O5. The summed E-state index contributed by atoms with van der Waals surface area (Å²) in [6, 6.07) is 3.87. The second kappa shape index (κ2) is 10.8. The zero-order valence-electron chi connectivity index (χ0n) is 19.4. The van der Waals surface area contributed by atoms with Gasteiger partial charge in [-0.2, -0.15) is 0 Å². The number of hydrogen-bond acceptors (Lipinski definition) is 8. The van der Waals surface area contributed by atoms with Gasteiger partial charge in [-0.05, 0) is 52.2 Å². The monoisotopic (exact) mass is 579 g/mol. The van der Waals surface area contributed by atoms with Crippen LogP contribution in [0.3, 0.4) is 0 Å². The number of carbonyl (C=O) groups excluding carboxylic acids is 1. The van der Waals surface area contributed by atoms with Crippen LogP contribution in [0.4, 0.5) is 5.82 Å². The predicted molar refractivity (Wildman–Crippen MR) is 144 cm³/mol. The van der Waals surface area contributed by atoms with Crippen LogP contribution in [0.2, 0.25) is 10.1 Å². The van der Waals surface area contributed by atoms with Crippen LogP contribution < -0.4 is 10.6 Å². The molecule has 1 amide bonds. The topological polar surface area (TPSA) is 164 Å². The third-order valence-corrected chi connectivity index (χ3v) is 6.62. The van der Waals surface area contributed by atoms with Crippen molar-refractivity contribution < 1.29 is 25.2 Å². The minimum atomic E-state index is -3.38. The van der Waals surface area contributed by atoms with Gasteiger partial charge in [-0.1, -0.05) is 16.7 Å². The number of aromatic amines is 1. The number of amides is 1. The second-order valence-corrected chi connectivity index (χ2v) is 9.59. The molecule has 0 saturated carbocycles. The number of aliphatic hydroxyl groups excluding tert-OH is 1. The van der Waals surface area contributed by atoms with Crippen molar-refractivity contribution >= 4 is 70.6 Å². The maximum absolute atomic E-state index is 12.9. The summed E-state index contributed by atoms with van der Waals surface area (Å²) in [5.41, 5.74) is -4.09. The molecule has 0 aliphatic carbocycles. The molecule has 16 heteroatoms. The molecule has 0 saturated heterocycles. The van der Waals surface area contributed by atoms with Gasteiger partial charge < -0.3 is 36.0 Å². The Morgan fingerprint density at radius 3 is 2.41 bits per heavy atom. The van der Waals surface area contributed by atoms with Crippen molar-refractivity contribution in [2.75, 3.05) is 11.9 Å². The molecule has 8 radical (unpaired) electrons. The van der Waals surface area contributed by atoms with Gasteiger partial charge >= 0.3 is 0 Å². The van der Waals surface area contributed by atoms with Crippen LogP contribution in [0, 0.1) is 6.92 Å². The third-order valence-electron chi connectivity index (χ3n) is 5.49. The van der Waals surface area contributed by atoms with Gasteiger partial charge in [-0.25, -0.2) is 9.97 Å². The van der Waals surface area contributed by atoms with E-state index in [9.17, 15) is 25.2 Å². The maximum atomic E-state index is 12.9. The number of rotatable bonds is 9. The van der Waals surface area contributed by atoms with Crippen LogP contribution in [0.5, 0.6) is 0 Å². The first-order valence-electron chi connectivity index (χ1n) is 10.6. The van der Waals surface area contributed by atoms with Gasteiger partial charge in [0.15, 0.2) is 19.3 Å². The molecule has 3 aromatic heterocycles. The fourth-order valence-corrected chi connectivity index (χ4v) is 3.78. The number of aryl methyl sites for hydroxylation is 1. The summed E-state index contributed by atoms with van der Waals surface area (Å²) in [6.07, 6.45) is 4.21. The molecule has 37 heavy (non-hydrogen) atoms. The molecule has 7 N–H and O–H groups in total. The van der Waals surface area contributed by atoms with E-state index in [1.807, 2.05) is 6.92 Å². The fraction of sp³-hybridized carbons (Fsp3) is 0.286. The van der Waals surface area contributed by atoms with Gasteiger partial charge in [0.05, 0.1) is 41.2 Å². The minimum absolute atomic E-state index is 0.144. The Morgan fingerprint density at radius 1 is 1.16 bits per heavy atom. The summed E-state index contributed by atoms with van der Waals surface area (Å²) in [4.78, 5) is 23.8. The van der Waals surface area contributed by atoms with Crippen LogP contribution in [0.25, 0.3) is 11.1 Å². The molecule has 1 unspecified atom stereocenters. The summed E-state index contributed by atoms with van der Waals surface area (Å²) in [6.45, 7) is 1.47. The molecule has 3 heterocycles. The lowest BCUT2D eigenvalue weighted by Gasteiger charge is -2.49. The molecule has 3 rings (SSSR count). The maximum Gasteiger partial charge on any atom is 0.268 e. The van der Waals surface area contributed by atoms with Crippen molar-refractivity contribution in [3.63, 3.8) is 0 Å². The molecular weight excluding hydrogens is 561 g/mol. The van der Waals surface area contributed by atoms with Gasteiger partial charge in [0, 0.05) is 29.7 Å². The largest absolute Gasteiger partial charge is 0.394 e. The quantitative estimate of drug-likeness (QED) is 0.107. The van der Waals surface area contributed by atoms with Crippen molar-refractivity contribution in [3.05, 3.63) is 63.2 Å². The van der Waals surface area contributed by atoms with Crippen LogP contribution in [-0.2, 0) is 0 Å². The first-order valence-corrected chi connectivity index (χ1v) is 11.7. The van der Waals surface area contributed by atoms with Crippen LogP contribution in [0.15, 0.2) is 41.4 Å². The van der Waals surface area contributed by atoms with E-state index in [4.69, 9.17) is 43.0 Å². The average Bonchev–Trinajstić information content (AvgIpc) is 3.29. The lowest BCUT2D eigenvalue weighted by molar-refractivity contribution is -0.205. The Hall–Kier alpha value is -2.28.